The van der Waals surface area contributed by atoms with Crippen LogP contribution in [0, 0.1) is 5.82 Å². The van der Waals surface area contributed by atoms with Crippen LogP contribution < -0.4 is 15.4 Å². The maximum atomic E-state index is 14.8. The van der Waals surface area contributed by atoms with Crippen LogP contribution in [0.15, 0.2) is 34.9 Å². The fourth-order valence-electron chi connectivity index (χ4n) is 4.18. The molecule has 2 aromatic heterocycles. The molecule has 1 fully saturated rings. The molecule has 2 N–H and O–H groups in total. The van der Waals surface area contributed by atoms with Crippen molar-refractivity contribution in [1.29, 1.82) is 0 Å². The van der Waals surface area contributed by atoms with Gasteiger partial charge >= 0.3 is 12.0 Å². The number of ether oxygens (including phenoxy) is 2. The number of nitrogens with zero attached hydrogens (tertiary/aromatic N) is 2. The predicted octanol–water partition coefficient (Wildman–Crippen LogP) is 1.45. The minimum absolute atomic E-state index is 0.00491. The zero-order chi connectivity index (χ0) is 24.2. The third kappa shape index (κ3) is 3.06. The lowest BCUT2D eigenvalue weighted by molar-refractivity contribution is -0.125. The van der Waals surface area contributed by atoms with Crippen molar-refractivity contribution in [3.63, 3.8) is 0 Å². The maximum Gasteiger partial charge on any atom is 0.339 e. The van der Waals surface area contributed by atoms with Gasteiger partial charge < -0.3 is 24.1 Å². The Morgan fingerprint density at radius 1 is 1.26 bits per heavy atom. The van der Waals surface area contributed by atoms with Crippen LogP contribution in [-0.2, 0) is 21.6 Å². The summed E-state index contributed by atoms with van der Waals surface area (Å²) in [6.07, 6.45) is 1.28. The summed E-state index contributed by atoms with van der Waals surface area (Å²) in [4.78, 5) is 55.3. The Bertz CT molecular complexity index is 1400. The first-order valence-electron chi connectivity index (χ1n) is 10.0. The standard InChI is InChI=1S/C22H17FN4O7/c1-32-13-4-3-10-8-27(18(28)16(10)17(13)23)9-22(20(30)25-21(31)26-22)15-6-12-14(34-15)5-11(7-24-12)19(29)33-2/h3-7H,8-9H2,1-2H3,(H2,25,26,30,31)/t22-/m0/s1. The Kier molecular flexibility index (Phi) is 4.74. The van der Waals surface area contributed by atoms with Gasteiger partial charge in [-0.2, -0.15) is 0 Å². The summed E-state index contributed by atoms with van der Waals surface area (Å²) in [5.74, 6) is -2.95. The van der Waals surface area contributed by atoms with Gasteiger partial charge in [-0.1, -0.05) is 6.07 Å². The molecule has 2 aliphatic rings. The van der Waals surface area contributed by atoms with Crippen LogP contribution in [0.1, 0.15) is 32.0 Å². The molecule has 1 atom stereocenters. The second-order valence-electron chi connectivity index (χ2n) is 7.80. The van der Waals surface area contributed by atoms with Crippen LogP contribution in [0.25, 0.3) is 11.1 Å². The number of aromatic nitrogens is 1. The first-order valence-corrected chi connectivity index (χ1v) is 10.0. The summed E-state index contributed by atoms with van der Waals surface area (Å²) in [5.41, 5.74) is -0.952. The van der Waals surface area contributed by atoms with Crippen LogP contribution in [0.4, 0.5) is 9.18 Å². The molecule has 174 valence electrons. The number of rotatable bonds is 5. The summed E-state index contributed by atoms with van der Waals surface area (Å²) in [7, 11) is 2.51. The summed E-state index contributed by atoms with van der Waals surface area (Å²) >= 11 is 0. The Labute approximate surface area is 190 Å². The van der Waals surface area contributed by atoms with Crippen molar-refractivity contribution >= 4 is 34.9 Å². The van der Waals surface area contributed by atoms with Gasteiger partial charge in [0.15, 0.2) is 22.7 Å². The van der Waals surface area contributed by atoms with Gasteiger partial charge in [0.05, 0.1) is 31.9 Å². The molecule has 0 spiro atoms. The maximum absolute atomic E-state index is 14.8. The van der Waals surface area contributed by atoms with Crippen molar-refractivity contribution in [2.75, 3.05) is 20.8 Å². The van der Waals surface area contributed by atoms with Crippen LogP contribution in [0.5, 0.6) is 5.75 Å². The van der Waals surface area contributed by atoms with Crippen molar-refractivity contribution in [2.24, 2.45) is 0 Å². The Morgan fingerprint density at radius 3 is 2.74 bits per heavy atom. The van der Waals surface area contributed by atoms with E-state index in [9.17, 15) is 23.6 Å². The molecule has 0 radical (unpaired) electrons. The van der Waals surface area contributed by atoms with Gasteiger partial charge in [0.2, 0.25) is 0 Å². The minimum atomic E-state index is -1.80. The van der Waals surface area contributed by atoms with Gasteiger partial charge in [0.1, 0.15) is 11.3 Å². The van der Waals surface area contributed by atoms with Crippen LogP contribution >= 0.6 is 0 Å². The summed E-state index contributed by atoms with van der Waals surface area (Å²) in [5, 5.41) is 4.68. The number of carbonyl (C=O) groups is 4. The number of benzene rings is 1. The van der Waals surface area contributed by atoms with E-state index < -0.39 is 35.2 Å². The van der Waals surface area contributed by atoms with E-state index in [1.165, 1.54) is 43.5 Å². The molecule has 1 aromatic carbocycles. The number of fused-ring (bicyclic) bond motifs is 2. The zero-order valence-electron chi connectivity index (χ0n) is 17.9. The van der Waals surface area contributed by atoms with Crippen molar-refractivity contribution in [3.8, 4) is 5.75 Å². The van der Waals surface area contributed by atoms with Crippen molar-refractivity contribution in [1.82, 2.24) is 20.5 Å². The number of esters is 1. The molecule has 0 bridgehead atoms. The largest absolute Gasteiger partial charge is 0.494 e. The van der Waals surface area contributed by atoms with Crippen molar-refractivity contribution in [2.45, 2.75) is 12.1 Å². The van der Waals surface area contributed by atoms with Crippen LogP contribution in [0.3, 0.4) is 0 Å². The second-order valence-corrected chi connectivity index (χ2v) is 7.80. The van der Waals surface area contributed by atoms with Crippen molar-refractivity contribution < 1.29 is 37.5 Å². The van der Waals surface area contributed by atoms with Gasteiger partial charge in [-0.3, -0.25) is 19.9 Å². The quantitative estimate of drug-likeness (QED) is 0.424. The first-order chi connectivity index (χ1) is 16.3. The van der Waals surface area contributed by atoms with E-state index >= 15 is 0 Å². The molecule has 1 saturated heterocycles. The van der Waals surface area contributed by atoms with Crippen LogP contribution in [0.2, 0.25) is 0 Å². The van der Waals surface area contributed by atoms with E-state index in [1.807, 2.05) is 0 Å². The number of furan rings is 1. The number of urea groups is 1. The molecule has 5 rings (SSSR count). The highest BCUT2D eigenvalue weighted by molar-refractivity contribution is 6.08. The lowest BCUT2D eigenvalue weighted by atomic mass is 9.95. The number of pyridine rings is 1. The van der Waals surface area contributed by atoms with E-state index in [0.29, 0.717) is 11.1 Å². The van der Waals surface area contributed by atoms with Gasteiger partial charge in [0.25, 0.3) is 11.8 Å². The zero-order valence-corrected chi connectivity index (χ0v) is 17.9. The Hall–Kier alpha value is -4.48. The van der Waals surface area contributed by atoms with Gasteiger partial charge in [-0.05, 0) is 17.7 Å². The molecule has 0 unspecified atom stereocenters. The lowest BCUT2D eigenvalue weighted by Crippen LogP contribution is -2.52. The number of amides is 4. The third-order valence-corrected chi connectivity index (χ3v) is 5.86. The first kappa shape index (κ1) is 21.4. The number of halogens is 1. The van der Waals surface area contributed by atoms with E-state index in [-0.39, 0.29) is 41.3 Å². The second kappa shape index (κ2) is 7.54. The van der Waals surface area contributed by atoms with E-state index in [1.54, 1.807) is 6.07 Å². The number of hydrogen-bond donors (Lipinski definition) is 2. The molecule has 4 heterocycles. The molecule has 0 saturated carbocycles. The smallest absolute Gasteiger partial charge is 0.339 e. The summed E-state index contributed by atoms with van der Waals surface area (Å²) < 4.78 is 30.2. The lowest BCUT2D eigenvalue weighted by Gasteiger charge is -2.28. The van der Waals surface area contributed by atoms with Gasteiger partial charge in [-0.25, -0.2) is 14.0 Å². The van der Waals surface area contributed by atoms with Gasteiger partial charge in [-0.15, -0.1) is 0 Å². The highest BCUT2D eigenvalue weighted by atomic mass is 19.1. The monoisotopic (exact) mass is 468 g/mol. The number of nitrogens with one attached hydrogen (secondary N) is 2. The fourth-order valence-corrected chi connectivity index (χ4v) is 4.18. The third-order valence-electron chi connectivity index (χ3n) is 5.86. The summed E-state index contributed by atoms with van der Waals surface area (Å²) in [6, 6.07) is 5.01. The molecule has 12 heteroatoms. The highest BCUT2D eigenvalue weighted by Gasteiger charge is 2.53. The normalized spacial score (nSPS) is 19.3. The van der Waals surface area contributed by atoms with E-state index in [0.717, 1.165) is 0 Å². The average Bonchev–Trinajstić information content (AvgIpc) is 3.47. The van der Waals surface area contributed by atoms with Gasteiger partial charge in [0, 0.05) is 18.8 Å². The van der Waals surface area contributed by atoms with Crippen LogP contribution in [-0.4, -0.2) is 54.5 Å². The van der Waals surface area contributed by atoms with E-state index in [4.69, 9.17) is 9.15 Å². The minimum Gasteiger partial charge on any atom is -0.494 e. The molecule has 4 amide bonds. The number of hydrogen-bond acceptors (Lipinski definition) is 8. The Balaban J connectivity index is 1.55. The molecular formula is C22H17FN4O7. The highest BCUT2D eigenvalue weighted by Crippen LogP contribution is 2.36. The SMILES string of the molecule is COC(=O)c1cnc2cc([C@]3(CN4Cc5ccc(OC)c(F)c5C4=O)NC(=O)NC3=O)oc2c1. The Morgan fingerprint density at radius 2 is 2.06 bits per heavy atom. The molecular weight excluding hydrogens is 451 g/mol. The van der Waals surface area contributed by atoms with Crippen molar-refractivity contribution in [3.05, 3.63) is 58.7 Å². The average molecular weight is 468 g/mol. The molecule has 3 aromatic rings. The fraction of sp³-hybridized carbons (Fsp3) is 0.227. The number of carbonyl (C=O) groups excluding carboxylic acids is 4. The topological polar surface area (TPSA) is 140 Å². The number of methoxy groups -OCH3 is 2. The summed E-state index contributed by atoms with van der Waals surface area (Å²) in [6.45, 7) is -0.339. The molecule has 34 heavy (non-hydrogen) atoms. The molecule has 0 aliphatic carbocycles. The molecule has 2 aliphatic heterocycles. The predicted molar refractivity (Wildman–Crippen MR) is 111 cm³/mol. The van der Waals surface area contributed by atoms with E-state index in [2.05, 4.69) is 20.4 Å². The number of imide groups is 1. The molecule has 11 nitrogen and oxygen atoms in total.